The van der Waals surface area contributed by atoms with Crippen LogP contribution < -0.4 is 0 Å². The number of H-pyrrole nitrogens is 1. The zero-order valence-electron chi connectivity index (χ0n) is 11.5. The van der Waals surface area contributed by atoms with E-state index in [-0.39, 0.29) is 17.6 Å². The highest BCUT2D eigenvalue weighted by atomic mass is 79.9. The topological polar surface area (TPSA) is 71.5 Å². The molecule has 0 fully saturated rings. The predicted octanol–water partition coefficient (Wildman–Crippen LogP) is 2.90. The molecule has 1 heterocycles. The van der Waals surface area contributed by atoms with Gasteiger partial charge >= 0.3 is 0 Å². The summed E-state index contributed by atoms with van der Waals surface area (Å²) in [6, 6.07) is 8.09. The summed E-state index contributed by atoms with van der Waals surface area (Å²) in [5, 5.41) is 14.2. The SMILES string of the molecule is CCC(C(C)=O)C(Cc1ccc(Br)cc1)c1nn[nH]n1. The van der Waals surface area contributed by atoms with Crippen LogP contribution in [0.1, 0.15) is 37.6 Å². The predicted molar refractivity (Wildman–Crippen MR) is 79.2 cm³/mol. The van der Waals surface area contributed by atoms with Crippen molar-refractivity contribution >= 4 is 21.7 Å². The molecule has 106 valence electrons. The molecule has 0 saturated heterocycles. The fourth-order valence-corrected chi connectivity index (χ4v) is 2.73. The number of carbonyl (C=O) groups excluding carboxylic acids is 1. The Morgan fingerprint density at radius 1 is 1.35 bits per heavy atom. The van der Waals surface area contributed by atoms with Gasteiger partial charge < -0.3 is 0 Å². The number of rotatable bonds is 6. The summed E-state index contributed by atoms with van der Waals surface area (Å²) >= 11 is 3.42. The Kier molecular flexibility index (Phi) is 5.00. The lowest BCUT2D eigenvalue weighted by molar-refractivity contribution is -0.121. The van der Waals surface area contributed by atoms with Gasteiger partial charge in [0.2, 0.25) is 0 Å². The average molecular weight is 337 g/mol. The highest BCUT2D eigenvalue weighted by Gasteiger charge is 2.29. The van der Waals surface area contributed by atoms with Crippen molar-refractivity contribution in [3.8, 4) is 0 Å². The molecule has 0 spiro atoms. The third kappa shape index (κ3) is 3.50. The lowest BCUT2D eigenvalue weighted by Crippen LogP contribution is -2.22. The van der Waals surface area contributed by atoms with Gasteiger partial charge in [-0.15, -0.1) is 10.2 Å². The number of nitrogens with one attached hydrogen (secondary N) is 1. The van der Waals surface area contributed by atoms with Crippen molar-refractivity contribution in [3.63, 3.8) is 0 Å². The number of benzene rings is 1. The summed E-state index contributed by atoms with van der Waals surface area (Å²) in [6.07, 6.45) is 1.50. The molecular weight excluding hydrogens is 320 g/mol. The van der Waals surface area contributed by atoms with E-state index in [4.69, 9.17) is 0 Å². The number of ketones is 1. The van der Waals surface area contributed by atoms with Gasteiger partial charge in [-0.05, 0) is 37.5 Å². The fraction of sp³-hybridized carbons (Fsp3) is 0.429. The van der Waals surface area contributed by atoms with E-state index in [2.05, 4.69) is 36.6 Å². The maximum Gasteiger partial charge on any atom is 0.178 e. The zero-order valence-corrected chi connectivity index (χ0v) is 13.1. The van der Waals surface area contributed by atoms with Gasteiger partial charge in [-0.1, -0.05) is 40.2 Å². The average Bonchev–Trinajstić information content (AvgIpc) is 2.94. The third-order valence-electron chi connectivity index (χ3n) is 3.51. The Balaban J connectivity index is 2.27. The molecule has 20 heavy (non-hydrogen) atoms. The maximum atomic E-state index is 11.9. The molecule has 1 aromatic carbocycles. The van der Waals surface area contributed by atoms with E-state index in [0.29, 0.717) is 5.82 Å². The summed E-state index contributed by atoms with van der Waals surface area (Å²) < 4.78 is 1.04. The highest BCUT2D eigenvalue weighted by Crippen LogP contribution is 2.29. The summed E-state index contributed by atoms with van der Waals surface area (Å²) in [7, 11) is 0. The third-order valence-corrected chi connectivity index (χ3v) is 4.04. The largest absolute Gasteiger partial charge is 0.300 e. The number of halogens is 1. The fourth-order valence-electron chi connectivity index (χ4n) is 2.47. The smallest absolute Gasteiger partial charge is 0.178 e. The van der Waals surface area contributed by atoms with E-state index in [9.17, 15) is 4.79 Å². The molecule has 2 unspecified atom stereocenters. The number of carbonyl (C=O) groups is 1. The number of tetrazole rings is 1. The molecule has 1 aromatic heterocycles. The Bertz CT molecular complexity index is 553. The van der Waals surface area contributed by atoms with Crippen molar-refractivity contribution in [2.75, 3.05) is 0 Å². The Morgan fingerprint density at radius 2 is 2.05 bits per heavy atom. The van der Waals surface area contributed by atoms with Crippen molar-refractivity contribution in [1.29, 1.82) is 0 Å². The second kappa shape index (κ2) is 6.74. The van der Waals surface area contributed by atoms with Crippen LogP contribution in [0, 0.1) is 5.92 Å². The lowest BCUT2D eigenvalue weighted by Gasteiger charge is -2.21. The van der Waals surface area contributed by atoms with Gasteiger partial charge in [-0.25, -0.2) is 0 Å². The Hall–Kier alpha value is -1.56. The van der Waals surface area contributed by atoms with Gasteiger partial charge in [0.15, 0.2) is 5.82 Å². The number of hydrogen-bond acceptors (Lipinski definition) is 4. The van der Waals surface area contributed by atoms with Crippen molar-refractivity contribution in [2.45, 2.75) is 32.6 Å². The molecule has 2 aromatic rings. The quantitative estimate of drug-likeness (QED) is 0.880. The summed E-state index contributed by atoms with van der Waals surface area (Å²) in [5.41, 5.74) is 1.16. The Morgan fingerprint density at radius 3 is 2.55 bits per heavy atom. The van der Waals surface area contributed by atoms with Crippen LogP contribution in [0.2, 0.25) is 0 Å². The van der Waals surface area contributed by atoms with Crippen LogP contribution in [-0.4, -0.2) is 26.4 Å². The summed E-state index contributed by atoms with van der Waals surface area (Å²) in [4.78, 5) is 11.9. The first kappa shape index (κ1) is 14.8. The zero-order chi connectivity index (χ0) is 14.5. The lowest BCUT2D eigenvalue weighted by atomic mass is 9.82. The summed E-state index contributed by atoms with van der Waals surface area (Å²) in [6.45, 7) is 3.64. The molecule has 0 aliphatic carbocycles. The standard InChI is InChI=1S/C14H17BrN4O/c1-3-12(9(2)20)13(14-16-18-19-17-14)8-10-4-6-11(15)7-5-10/h4-7,12-13H,3,8H2,1-2H3,(H,16,17,18,19). The van der Waals surface area contributed by atoms with Crippen LogP contribution in [0.3, 0.4) is 0 Å². The second-order valence-corrected chi connectivity index (χ2v) is 5.75. The molecule has 2 atom stereocenters. The molecule has 0 saturated carbocycles. The molecular formula is C14H17BrN4O. The van der Waals surface area contributed by atoms with Crippen molar-refractivity contribution in [2.24, 2.45) is 5.92 Å². The van der Waals surface area contributed by atoms with Crippen LogP contribution in [0.4, 0.5) is 0 Å². The molecule has 0 aliphatic rings. The number of nitrogens with zero attached hydrogens (tertiary/aromatic N) is 3. The molecule has 6 heteroatoms. The van der Waals surface area contributed by atoms with Crippen LogP contribution in [0.5, 0.6) is 0 Å². The van der Waals surface area contributed by atoms with E-state index in [1.54, 1.807) is 6.92 Å². The number of Topliss-reactive ketones (excluding diaryl/α,β-unsaturated/α-hetero) is 1. The first-order valence-corrected chi connectivity index (χ1v) is 7.39. The minimum absolute atomic E-state index is 0.0441. The molecule has 5 nitrogen and oxygen atoms in total. The number of aromatic amines is 1. The second-order valence-electron chi connectivity index (χ2n) is 4.83. The van der Waals surface area contributed by atoms with Gasteiger partial charge in [0, 0.05) is 16.3 Å². The number of hydrogen-bond donors (Lipinski definition) is 1. The minimum atomic E-state index is -0.0868. The van der Waals surface area contributed by atoms with Crippen molar-refractivity contribution in [1.82, 2.24) is 20.6 Å². The molecule has 0 bridgehead atoms. The van der Waals surface area contributed by atoms with Gasteiger partial charge in [0.1, 0.15) is 5.78 Å². The molecule has 0 aliphatic heterocycles. The monoisotopic (exact) mass is 336 g/mol. The van der Waals surface area contributed by atoms with Gasteiger partial charge in [0.25, 0.3) is 0 Å². The minimum Gasteiger partial charge on any atom is -0.300 e. The molecule has 1 N–H and O–H groups in total. The van der Waals surface area contributed by atoms with Crippen LogP contribution in [0.25, 0.3) is 0 Å². The summed E-state index contributed by atoms with van der Waals surface area (Å²) in [5.74, 6) is 0.642. The van der Waals surface area contributed by atoms with E-state index in [1.807, 2.05) is 31.2 Å². The highest BCUT2D eigenvalue weighted by molar-refractivity contribution is 9.10. The van der Waals surface area contributed by atoms with E-state index >= 15 is 0 Å². The van der Waals surface area contributed by atoms with Crippen LogP contribution in [0.15, 0.2) is 28.7 Å². The van der Waals surface area contributed by atoms with Crippen molar-refractivity contribution in [3.05, 3.63) is 40.1 Å². The Labute approximate surface area is 126 Å². The van der Waals surface area contributed by atoms with Crippen LogP contribution in [-0.2, 0) is 11.2 Å². The maximum absolute atomic E-state index is 11.9. The first-order chi connectivity index (χ1) is 9.61. The normalized spacial score (nSPS) is 13.9. The van der Waals surface area contributed by atoms with Gasteiger partial charge in [-0.3, -0.25) is 4.79 Å². The van der Waals surface area contributed by atoms with E-state index in [0.717, 1.165) is 22.9 Å². The molecule has 0 amide bonds. The van der Waals surface area contributed by atoms with Crippen LogP contribution >= 0.6 is 15.9 Å². The van der Waals surface area contributed by atoms with Gasteiger partial charge in [0.05, 0.1) is 0 Å². The molecule has 2 rings (SSSR count). The number of aromatic nitrogens is 4. The molecule has 0 radical (unpaired) electrons. The van der Waals surface area contributed by atoms with E-state index < -0.39 is 0 Å². The first-order valence-electron chi connectivity index (χ1n) is 6.60. The van der Waals surface area contributed by atoms with E-state index in [1.165, 1.54) is 0 Å². The van der Waals surface area contributed by atoms with Crippen molar-refractivity contribution < 1.29 is 4.79 Å². The van der Waals surface area contributed by atoms with Gasteiger partial charge in [-0.2, -0.15) is 5.21 Å².